The number of halogens is 1. The van der Waals surface area contributed by atoms with E-state index in [9.17, 15) is 9.59 Å². The highest BCUT2D eigenvalue weighted by Gasteiger charge is 2.34. The van der Waals surface area contributed by atoms with Crippen LogP contribution in [0.25, 0.3) is 0 Å². The van der Waals surface area contributed by atoms with Gasteiger partial charge in [-0.2, -0.15) is 0 Å². The highest BCUT2D eigenvalue weighted by atomic mass is 35.5. The van der Waals surface area contributed by atoms with E-state index in [-0.39, 0.29) is 18.5 Å². The van der Waals surface area contributed by atoms with E-state index in [1.54, 1.807) is 17.0 Å². The number of hydrogen-bond donors (Lipinski definition) is 2. The summed E-state index contributed by atoms with van der Waals surface area (Å²) in [6.45, 7) is 1.16. The summed E-state index contributed by atoms with van der Waals surface area (Å²) in [4.78, 5) is 30.5. The zero-order chi connectivity index (χ0) is 16.9. The van der Waals surface area contributed by atoms with Crippen LogP contribution < -0.4 is 10.6 Å². The number of benzene rings is 1. The fourth-order valence-electron chi connectivity index (χ4n) is 2.63. The van der Waals surface area contributed by atoms with Crippen LogP contribution in [0, 0.1) is 0 Å². The van der Waals surface area contributed by atoms with Crippen molar-refractivity contribution in [3.8, 4) is 0 Å². The van der Waals surface area contributed by atoms with Crippen LogP contribution in [0.15, 0.2) is 48.7 Å². The number of aromatic nitrogens is 1. The second-order valence-electron chi connectivity index (χ2n) is 5.42. The maximum Gasteiger partial charge on any atom is 0.318 e. The van der Waals surface area contributed by atoms with E-state index < -0.39 is 6.04 Å². The molecule has 24 heavy (non-hydrogen) atoms. The molecule has 1 aromatic heterocycles. The molecule has 1 unspecified atom stereocenters. The summed E-state index contributed by atoms with van der Waals surface area (Å²) in [6, 6.07) is 11.8. The molecule has 2 heterocycles. The van der Waals surface area contributed by atoms with Gasteiger partial charge in [-0.1, -0.05) is 41.9 Å². The molecule has 7 heteroatoms. The van der Waals surface area contributed by atoms with E-state index in [0.717, 1.165) is 5.56 Å². The van der Waals surface area contributed by atoms with Gasteiger partial charge in [0.2, 0.25) is 5.91 Å². The highest BCUT2D eigenvalue weighted by molar-refractivity contribution is 6.30. The Bertz CT molecular complexity index is 721. The van der Waals surface area contributed by atoms with E-state index in [0.29, 0.717) is 23.8 Å². The number of hydrogen-bond acceptors (Lipinski definition) is 3. The van der Waals surface area contributed by atoms with Gasteiger partial charge >= 0.3 is 6.03 Å². The number of carbonyl (C=O) groups is 2. The van der Waals surface area contributed by atoms with E-state index >= 15 is 0 Å². The Hall–Kier alpha value is -2.60. The lowest BCUT2D eigenvalue weighted by Gasteiger charge is -2.35. The average Bonchev–Trinajstić information content (AvgIpc) is 2.61. The van der Waals surface area contributed by atoms with E-state index in [2.05, 4.69) is 15.6 Å². The topological polar surface area (TPSA) is 74.3 Å². The summed E-state index contributed by atoms with van der Waals surface area (Å²) in [6.07, 6.45) is 1.53. The molecule has 1 aliphatic heterocycles. The first kappa shape index (κ1) is 16.3. The number of urea groups is 1. The first-order valence-corrected chi connectivity index (χ1v) is 8.00. The molecule has 0 radical (unpaired) electrons. The molecule has 2 aromatic rings. The Morgan fingerprint density at radius 3 is 2.79 bits per heavy atom. The maximum absolute atomic E-state index is 12.5. The molecule has 2 N–H and O–H groups in total. The van der Waals surface area contributed by atoms with Crippen molar-refractivity contribution >= 4 is 23.5 Å². The number of pyridine rings is 1. The lowest BCUT2D eigenvalue weighted by Crippen LogP contribution is -2.54. The van der Waals surface area contributed by atoms with Crippen LogP contribution in [0.5, 0.6) is 0 Å². The van der Waals surface area contributed by atoms with Crippen molar-refractivity contribution in [2.45, 2.75) is 12.6 Å². The van der Waals surface area contributed by atoms with Gasteiger partial charge in [-0.15, -0.1) is 0 Å². The Balaban J connectivity index is 1.71. The fourth-order valence-corrected chi connectivity index (χ4v) is 2.74. The first-order valence-electron chi connectivity index (χ1n) is 7.63. The van der Waals surface area contributed by atoms with Crippen molar-refractivity contribution in [2.24, 2.45) is 0 Å². The minimum Gasteiger partial charge on any atom is -0.352 e. The first-order chi connectivity index (χ1) is 11.6. The quantitative estimate of drug-likeness (QED) is 0.895. The van der Waals surface area contributed by atoms with E-state index in [1.165, 1.54) is 6.20 Å². The molecule has 0 saturated carbocycles. The molecule has 124 valence electrons. The number of rotatable bonds is 3. The average molecular weight is 345 g/mol. The molecular weight excluding hydrogens is 328 g/mol. The van der Waals surface area contributed by atoms with Crippen molar-refractivity contribution in [2.75, 3.05) is 13.1 Å². The van der Waals surface area contributed by atoms with Gasteiger partial charge in [-0.05, 0) is 17.7 Å². The number of nitrogens with zero attached hydrogens (tertiary/aromatic N) is 2. The van der Waals surface area contributed by atoms with Crippen molar-refractivity contribution in [3.63, 3.8) is 0 Å². The highest BCUT2D eigenvalue weighted by Crippen LogP contribution is 2.23. The van der Waals surface area contributed by atoms with Crippen molar-refractivity contribution in [1.82, 2.24) is 20.5 Å². The summed E-state index contributed by atoms with van der Waals surface area (Å²) in [7, 11) is 0. The Kier molecular flexibility index (Phi) is 4.96. The van der Waals surface area contributed by atoms with Gasteiger partial charge in [0.05, 0.1) is 17.3 Å². The number of nitrogens with one attached hydrogen (secondary N) is 2. The van der Waals surface area contributed by atoms with Gasteiger partial charge in [0.15, 0.2) is 0 Å². The molecule has 3 rings (SSSR count). The van der Waals surface area contributed by atoms with Crippen LogP contribution >= 0.6 is 11.6 Å². The third-order valence-electron chi connectivity index (χ3n) is 3.80. The molecule has 1 aliphatic rings. The Labute approximate surface area is 144 Å². The summed E-state index contributed by atoms with van der Waals surface area (Å²) < 4.78 is 0. The third kappa shape index (κ3) is 3.65. The van der Waals surface area contributed by atoms with Crippen LogP contribution in [0.4, 0.5) is 4.79 Å². The summed E-state index contributed by atoms with van der Waals surface area (Å²) in [5.74, 6) is -0.174. The van der Waals surface area contributed by atoms with Crippen LogP contribution in [0.1, 0.15) is 17.3 Å². The summed E-state index contributed by atoms with van der Waals surface area (Å²) in [5.41, 5.74) is 1.49. The molecule has 0 bridgehead atoms. The van der Waals surface area contributed by atoms with Gasteiger partial charge in [-0.25, -0.2) is 4.79 Å². The number of piperazine rings is 1. The van der Waals surface area contributed by atoms with Crippen molar-refractivity contribution in [3.05, 3.63) is 64.9 Å². The van der Waals surface area contributed by atoms with E-state index in [1.807, 2.05) is 30.3 Å². The normalized spacial score (nSPS) is 17.3. The number of amides is 3. The number of carbonyl (C=O) groups excluding carboxylic acids is 2. The fraction of sp³-hybridized carbons (Fsp3) is 0.235. The zero-order valence-corrected chi connectivity index (χ0v) is 13.7. The third-order valence-corrected chi connectivity index (χ3v) is 4.02. The molecule has 6 nitrogen and oxygen atoms in total. The second kappa shape index (κ2) is 7.31. The summed E-state index contributed by atoms with van der Waals surface area (Å²) in [5, 5.41) is 6.16. The molecule has 1 aromatic carbocycles. The zero-order valence-electron chi connectivity index (χ0n) is 12.9. The van der Waals surface area contributed by atoms with Crippen molar-refractivity contribution < 1.29 is 9.59 Å². The molecule has 1 fully saturated rings. The van der Waals surface area contributed by atoms with Gasteiger partial charge in [0.1, 0.15) is 6.04 Å². The van der Waals surface area contributed by atoms with Gasteiger partial charge in [-0.3, -0.25) is 9.78 Å². The van der Waals surface area contributed by atoms with Gasteiger partial charge in [0, 0.05) is 19.3 Å². The van der Waals surface area contributed by atoms with Crippen LogP contribution in [0.2, 0.25) is 5.02 Å². The SMILES string of the molecule is O=C1NCCN(C(=O)NCc2ccc(Cl)cn2)C1c1ccccc1. The minimum atomic E-state index is -0.627. The second-order valence-corrected chi connectivity index (χ2v) is 5.86. The largest absolute Gasteiger partial charge is 0.352 e. The smallest absolute Gasteiger partial charge is 0.318 e. The monoisotopic (exact) mass is 344 g/mol. The molecule has 1 saturated heterocycles. The molecule has 1 atom stereocenters. The predicted octanol–water partition coefficient (Wildman–Crippen LogP) is 2.12. The van der Waals surface area contributed by atoms with Crippen LogP contribution in [0.3, 0.4) is 0 Å². The van der Waals surface area contributed by atoms with E-state index in [4.69, 9.17) is 11.6 Å². The molecule has 0 spiro atoms. The van der Waals surface area contributed by atoms with Gasteiger partial charge < -0.3 is 15.5 Å². The molecule has 0 aliphatic carbocycles. The van der Waals surface area contributed by atoms with Gasteiger partial charge in [0.25, 0.3) is 0 Å². The standard InChI is InChI=1S/C17H17ClN4O2/c18-13-6-7-14(20-10-13)11-21-17(24)22-9-8-19-16(23)15(22)12-4-2-1-3-5-12/h1-7,10,15H,8-9,11H2,(H,19,23)(H,21,24). The summed E-state index contributed by atoms with van der Waals surface area (Å²) >= 11 is 5.80. The molecule has 3 amide bonds. The van der Waals surface area contributed by atoms with Crippen LogP contribution in [-0.4, -0.2) is 34.9 Å². The Morgan fingerprint density at radius 2 is 2.08 bits per heavy atom. The maximum atomic E-state index is 12.5. The molecular formula is C17H17ClN4O2. The minimum absolute atomic E-state index is 0.174. The lowest BCUT2D eigenvalue weighted by molar-refractivity contribution is -0.127. The predicted molar refractivity (Wildman–Crippen MR) is 90.4 cm³/mol. The Morgan fingerprint density at radius 1 is 1.29 bits per heavy atom. The van der Waals surface area contributed by atoms with Crippen molar-refractivity contribution in [1.29, 1.82) is 0 Å². The van der Waals surface area contributed by atoms with Crippen LogP contribution in [-0.2, 0) is 11.3 Å². The lowest BCUT2D eigenvalue weighted by atomic mass is 10.0.